The zero-order valence-electron chi connectivity index (χ0n) is 14.3. The van der Waals surface area contributed by atoms with E-state index in [0.29, 0.717) is 11.7 Å². The second-order valence-electron chi connectivity index (χ2n) is 6.23. The molecule has 1 fully saturated rings. The van der Waals surface area contributed by atoms with Crippen LogP contribution >= 0.6 is 0 Å². The Morgan fingerprint density at radius 3 is 3.04 bits per heavy atom. The number of aromatic amines is 1. The molecular weight excluding hydrogens is 304 g/mol. The summed E-state index contributed by atoms with van der Waals surface area (Å²) in [6.45, 7) is 5.57. The van der Waals surface area contributed by atoms with E-state index in [0.717, 1.165) is 49.4 Å². The van der Waals surface area contributed by atoms with Gasteiger partial charge >= 0.3 is 0 Å². The van der Waals surface area contributed by atoms with E-state index >= 15 is 0 Å². The summed E-state index contributed by atoms with van der Waals surface area (Å²) in [7, 11) is 0. The SMILES string of the molecule is CCc1nc(C)ccc1OCC(=O)N1CCC[C@@H](c2ccn[nH]2)C1. The predicted octanol–water partition coefficient (Wildman–Crippen LogP) is 2.46. The third kappa shape index (κ3) is 3.75. The molecule has 1 atom stereocenters. The lowest BCUT2D eigenvalue weighted by Crippen LogP contribution is -2.41. The lowest BCUT2D eigenvalue weighted by atomic mass is 9.95. The summed E-state index contributed by atoms with van der Waals surface area (Å²) in [5, 5.41) is 7.03. The quantitative estimate of drug-likeness (QED) is 0.915. The van der Waals surface area contributed by atoms with Gasteiger partial charge in [0, 0.05) is 36.6 Å². The topological polar surface area (TPSA) is 71.1 Å². The normalized spacial score (nSPS) is 17.8. The van der Waals surface area contributed by atoms with Gasteiger partial charge in [0.1, 0.15) is 5.75 Å². The third-order valence-electron chi connectivity index (χ3n) is 4.49. The number of likely N-dealkylation sites (tertiary alicyclic amines) is 1. The maximum absolute atomic E-state index is 12.5. The zero-order valence-corrected chi connectivity index (χ0v) is 14.3. The largest absolute Gasteiger partial charge is 0.482 e. The van der Waals surface area contributed by atoms with E-state index in [1.54, 1.807) is 6.20 Å². The van der Waals surface area contributed by atoms with Gasteiger partial charge in [0.2, 0.25) is 0 Å². The lowest BCUT2D eigenvalue weighted by molar-refractivity contribution is -0.134. The number of carbonyl (C=O) groups is 1. The third-order valence-corrected chi connectivity index (χ3v) is 4.49. The highest BCUT2D eigenvalue weighted by Crippen LogP contribution is 2.25. The van der Waals surface area contributed by atoms with E-state index in [2.05, 4.69) is 15.2 Å². The van der Waals surface area contributed by atoms with Crippen molar-refractivity contribution in [2.24, 2.45) is 0 Å². The van der Waals surface area contributed by atoms with Gasteiger partial charge in [0.15, 0.2) is 6.61 Å². The molecule has 0 spiro atoms. The maximum atomic E-state index is 12.5. The fourth-order valence-electron chi connectivity index (χ4n) is 3.16. The minimum absolute atomic E-state index is 0.0295. The predicted molar refractivity (Wildman–Crippen MR) is 91.0 cm³/mol. The minimum Gasteiger partial charge on any atom is -0.482 e. The first-order valence-corrected chi connectivity index (χ1v) is 8.53. The molecule has 1 aliphatic heterocycles. The smallest absolute Gasteiger partial charge is 0.260 e. The molecule has 1 N–H and O–H groups in total. The number of rotatable bonds is 5. The Morgan fingerprint density at radius 1 is 1.42 bits per heavy atom. The van der Waals surface area contributed by atoms with Crippen LogP contribution in [0.25, 0.3) is 0 Å². The van der Waals surface area contributed by atoms with Gasteiger partial charge in [-0.1, -0.05) is 6.92 Å². The lowest BCUT2D eigenvalue weighted by Gasteiger charge is -2.32. The Labute approximate surface area is 142 Å². The Morgan fingerprint density at radius 2 is 2.29 bits per heavy atom. The second kappa shape index (κ2) is 7.47. The molecule has 6 heteroatoms. The van der Waals surface area contributed by atoms with Crippen molar-refractivity contribution in [3.05, 3.63) is 41.5 Å². The molecule has 3 heterocycles. The van der Waals surface area contributed by atoms with Crippen LogP contribution in [0.2, 0.25) is 0 Å². The highest BCUT2D eigenvalue weighted by atomic mass is 16.5. The number of aromatic nitrogens is 3. The summed E-state index contributed by atoms with van der Waals surface area (Å²) < 4.78 is 5.75. The number of carbonyl (C=O) groups excluding carboxylic acids is 1. The molecule has 1 amide bonds. The van der Waals surface area contributed by atoms with Crippen LogP contribution in [0.1, 0.15) is 42.8 Å². The summed E-state index contributed by atoms with van der Waals surface area (Å²) in [5.74, 6) is 1.07. The van der Waals surface area contributed by atoms with Crippen LogP contribution in [-0.2, 0) is 11.2 Å². The first-order valence-electron chi connectivity index (χ1n) is 8.53. The fraction of sp³-hybridized carbons (Fsp3) is 0.500. The number of piperidine rings is 1. The summed E-state index contributed by atoms with van der Waals surface area (Å²) in [4.78, 5) is 18.9. The van der Waals surface area contributed by atoms with Gasteiger partial charge in [-0.25, -0.2) is 0 Å². The molecule has 2 aromatic heterocycles. The van der Waals surface area contributed by atoms with Crippen molar-refractivity contribution in [2.75, 3.05) is 19.7 Å². The molecule has 0 saturated carbocycles. The van der Waals surface area contributed by atoms with Gasteiger partial charge < -0.3 is 9.64 Å². The molecule has 0 aromatic carbocycles. The molecule has 3 rings (SSSR count). The molecule has 0 radical (unpaired) electrons. The second-order valence-corrected chi connectivity index (χ2v) is 6.23. The molecule has 24 heavy (non-hydrogen) atoms. The minimum atomic E-state index is 0.0295. The molecule has 0 bridgehead atoms. The standard InChI is InChI=1S/C18H24N4O2/c1-3-15-17(7-6-13(2)20-15)24-12-18(23)22-10-4-5-14(11-22)16-8-9-19-21-16/h6-9,14H,3-5,10-12H2,1-2H3,(H,19,21)/t14-/m1/s1. The van der Waals surface area contributed by atoms with Crippen LogP contribution in [0.4, 0.5) is 0 Å². The molecule has 2 aromatic rings. The molecular formula is C18H24N4O2. The Hall–Kier alpha value is -2.37. The van der Waals surface area contributed by atoms with Crippen molar-refractivity contribution >= 4 is 5.91 Å². The summed E-state index contributed by atoms with van der Waals surface area (Å²) >= 11 is 0. The average Bonchev–Trinajstić information content (AvgIpc) is 3.15. The van der Waals surface area contributed by atoms with Crippen LogP contribution in [0, 0.1) is 6.92 Å². The monoisotopic (exact) mass is 328 g/mol. The van der Waals surface area contributed by atoms with Crippen LogP contribution in [-0.4, -0.2) is 45.7 Å². The first kappa shape index (κ1) is 16.5. The number of nitrogens with zero attached hydrogens (tertiary/aromatic N) is 3. The van der Waals surface area contributed by atoms with Crippen molar-refractivity contribution in [1.82, 2.24) is 20.1 Å². The Balaban J connectivity index is 1.59. The number of nitrogens with one attached hydrogen (secondary N) is 1. The molecule has 0 aliphatic carbocycles. The summed E-state index contributed by atoms with van der Waals surface area (Å²) in [5.41, 5.74) is 2.96. The van der Waals surface area contributed by atoms with Crippen LogP contribution in [0.3, 0.4) is 0 Å². The zero-order chi connectivity index (χ0) is 16.9. The average molecular weight is 328 g/mol. The number of hydrogen-bond donors (Lipinski definition) is 1. The Kier molecular flexibility index (Phi) is 5.13. The van der Waals surface area contributed by atoms with Crippen molar-refractivity contribution in [2.45, 2.75) is 39.0 Å². The van der Waals surface area contributed by atoms with E-state index in [4.69, 9.17) is 4.74 Å². The molecule has 1 aliphatic rings. The number of hydrogen-bond acceptors (Lipinski definition) is 4. The van der Waals surface area contributed by atoms with Gasteiger partial charge in [0.05, 0.1) is 5.69 Å². The molecule has 0 unspecified atom stereocenters. The van der Waals surface area contributed by atoms with E-state index in [1.807, 2.05) is 36.9 Å². The molecule has 1 saturated heterocycles. The number of aryl methyl sites for hydroxylation is 2. The van der Waals surface area contributed by atoms with Crippen LogP contribution in [0.15, 0.2) is 24.4 Å². The number of H-pyrrole nitrogens is 1. The van der Waals surface area contributed by atoms with Crippen molar-refractivity contribution in [3.8, 4) is 5.75 Å². The van der Waals surface area contributed by atoms with E-state index in [-0.39, 0.29) is 12.5 Å². The van der Waals surface area contributed by atoms with Gasteiger partial charge in [-0.2, -0.15) is 5.10 Å². The van der Waals surface area contributed by atoms with Crippen molar-refractivity contribution < 1.29 is 9.53 Å². The summed E-state index contributed by atoms with van der Waals surface area (Å²) in [6, 6.07) is 5.80. The first-order chi connectivity index (χ1) is 11.7. The van der Waals surface area contributed by atoms with Crippen LogP contribution in [0.5, 0.6) is 5.75 Å². The molecule has 6 nitrogen and oxygen atoms in total. The number of amides is 1. The Bertz CT molecular complexity index is 684. The van der Waals surface area contributed by atoms with Gasteiger partial charge in [0.25, 0.3) is 5.91 Å². The van der Waals surface area contributed by atoms with Gasteiger partial charge in [-0.05, 0) is 44.4 Å². The van der Waals surface area contributed by atoms with E-state index < -0.39 is 0 Å². The summed E-state index contributed by atoms with van der Waals surface area (Å²) in [6.07, 6.45) is 4.63. The maximum Gasteiger partial charge on any atom is 0.260 e. The van der Waals surface area contributed by atoms with Crippen molar-refractivity contribution in [1.29, 1.82) is 0 Å². The van der Waals surface area contributed by atoms with Gasteiger partial charge in [-0.15, -0.1) is 0 Å². The highest BCUT2D eigenvalue weighted by molar-refractivity contribution is 5.78. The van der Waals surface area contributed by atoms with Gasteiger partial charge in [-0.3, -0.25) is 14.9 Å². The fourth-order valence-corrected chi connectivity index (χ4v) is 3.16. The van der Waals surface area contributed by atoms with E-state index in [1.165, 1.54) is 0 Å². The number of ether oxygens (including phenoxy) is 1. The van der Waals surface area contributed by atoms with Crippen molar-refractivity contribution in [3.63, 3.8) is 0 Å². The van der Waals surface area contributed by atoms with Crippen LogP contribution < -0.4 is 4.74 Å². The number of pyridine rings is 1. The van der Waals surface area contributed by atoms with E-state index in [9.17, 15) is 4.79 Å². The highest BCUT2D eigenvalue weighted by Gasteiger charge is 2.25. The molecule has 128 valence electrons.